The van der Waals surface area contributed by atoms with E-state index < -0.39 is 0 Å². The maximum absolute atomic E-state index is 5.68. The number of hydrogen-bond acceptors (Lipinski definition) is 5. The van der Waals surface area contributed by atoms with Crippen LogP contribution in [0.5, 0.6) is 5.75 Å². The summed E-state index contributed by atoms with van der Waals surface area (Å²) in [6, 6.07) is 5.94. The lowest BCUT2D eigenvalue weighted by Crippen LogP contribution is -2.17. The van der Waals surface area contributed by atoms with Crippen LogP contribution in [0.2, 0.25) is 0 Å². The summed E-state index contributed by atoms with van der Waals surface area (Å²) in [5.41, 5.74) is 10.6. The summed E-state index contributed by atoms with van der Waals surface area (Å²) in [6.07, 6.45) is 0. The van der Waals surface area contributed by atoms with Gasteiger partial charge in [-0.3, -0.25) is 4.90 Å². The zero-order valence-corrected chi connectivity index (χ0v) is 14.1. The molecule has 0 spiro atoms. The number of nitrogens with zero attached hydrogens (tertiary/aromatic N) is 2. The quantitative estimate of drug-likeness (QED) is 0.829. The van der Waals surface area contributed by atoms with E-state index in [2.05, 4.69) is 16.9 Å². The van der Waals surface area contributed by atoms with Crippen molar-refractivity contribution in [2.75, 3.05) is 14.2 Å². The molecule has 1 aromatic heterocycles. The molecule has 0 atom stereocenters. The minimum Gasteiger partial charge on any atom is -0.496 e. The molecule has 0 saturated heterocycles. The molecule has 2 rings (SSSR count). The first kappa shape index (κ1) is 15.9. The third-order valence-electron chi connectivity index (χ3n) is 3.24. The first-order valence-corrected chi connectivity index (χ1v) is 7.84. The lowest BCUT2D eigenvalue weighted by molar-refractivity contribution is 0.320. The fourth-order valence-corrected chi connectivity index (χ4v) is 3.15. The highest BCUT2D eigenvalue weighted by atomic mass is 32.1. The van der Waals surface area contributed by atoms with Crippen LogP contribution in [0.1, 0.15) is 21.7 Å². The molecule has 112 valence electrons. The van der Waals surface area contributed by atoms with Gasteiger partial charge in [0.2, 0.25) is 0 Å². The molecule has 0 aliphatic carbocycles. The van der Waals surface area contributed by atoms with Crippen molar-refractivity contribution in [1.82, 2.24) is 9.88 Å². The molecule has 0 radical (unpaired) electrons. The number of thiazole rings is 1. The second-order valence-electron chi connectivity index (χ2n) is 4.93. The van der Waals surface area contributed by atoms with E-state index in [1.807, 2.05) is 30.6 Å². The van der Waals surface area contributed by atoms with Gasteiger partial charge in [0.05, 0.1) is 23.9 Å². The van der Waals surface area contributed by atoms with Gasteiger partial charge in [-0.2, -0.15) is 0 Å². The van der Waals surface area contributed by atoms with Gasteiger partial charge in [-0.1, -0.05) is 18.3 Å². The average Bonchev–Trinajstić information content (AvgIpc) is 2.83. The third-order valence-corrected chi connectivity index (χ3v) is 4.38. The van der Waals surface area contributed by atoms with Crippen LogP contribution in [0.15, 0.2) is 23.7 Å². The summed E-state index contributed by atoms with van der Waals surface area (Å²) in [5.74, 6) is 0.724. The highest BCUT2D eigenvalue weighted by molar-refractivity contribution is 7.80. The Morgan fingerprint density at radius 3 is 2.76 bits per heavy atom. The summed E-state index contributed by atoms with van der Waals surface area (Å²) in [6.45, 7) is 3.75. The zero-order valence-electron chi connectivity index (χ0n) is 12.4. The summed E-state index contributed by atoms with van der Waals surface area (Å²) in [4.78, 5) is 8.17. The largest absolute Gasteiger partial charge is 0.496 e. The number of benzene rings is 1. The van der Waals surface area contributed by atoms with E-state index in [1.54, 1.807) is 18.4 Å². The second kappa shape index (κ2) is 6.98. The fourth-order valence-electron chi connectivity index (χ4n) is 2.13. The number of nitrogens with two attached hydrogens (primary N) is 1. The predicted molar refractivity (Wildman–Crippen MR) is 90.9 cm³/mol. The van der Waals surface area contributed by atoms with Crippen molar-refractivity contribution in [3.63, 3.8) is 0 Å². The van der Waals surface area contributed by atoms with Crippen LogP contribution in [0.4, 0.5) is 0 Å². The molecule has 0 bridgehead atoms. The van der Waals surface area contributed by atoms with Crippen LogP contribution >= 0.6 is 23.6 Å². The van der Waals surface area contributed by atoms with Crippen LogP contribution < -0.4 is 10.5 Å². The van der Waals surface area contributed by atoms with E-state index in [0.717, 1.165) is 35.7 Å². The fraction of sp³-hybridized carbons (Fsp3) is 0.333. The number of aromatic nitrogens is 1. The van der Waals surface area contributed by atoms with Crippen LogP contribution in [0.25, 0.3) is 0 Å². The van der Waals surface area contributed by atoms with Gasteiger partial charge in [0.25, 0.3) is 0 Å². The van der Waals surface area contributed by atoms with Gasteiger partial charge in [-0.25, -0.2) is 4.98 Å². The van der Waals surface area contributed by atoms with Crippen LogP contribution in [-0.4, -0.2) is 29.0 Å². The van der Waals surface area contributed by atoms with E-state index in [4.69, 9.17) is 22.7 Å². The molecule has 6 heteroatoms. The maximum atomic E-state index is 5.68. The molecular weight excluding hydrogens is 302 g/mol. The van der Waals surface area contributed by atoms with Gasteiger partial charge in [0.15, 0.2) is 0 Å². The summed E-state index contributed by atoms with van der Waals surface area (Å²) >= 11 is 6.71. The van der Waals surface area contributed by atoms with E-state index in [-0.39, 0.29) is 0 Å². The first-order chi connectivity index (χ1) is 10.0. The number of rotatable bonds is 6. The molecular formula is C15H19N3OS2. The Labute approximate surface area is 134 Å². The van der Waals surface area contributed by atoms with E-state index in [0.29, 0.717) is 4.99 Å². The zero-order chi connectivity index (χ0) is 15.4. The van der Waals surface area contributed by atoms with Crippen molar-refractivity contribution in [3.05, 3.63) is 45.4 Å². The Kier molecular flexibility index (Phi) is 5.27. The summed E-state index contributed by atoms with van der Waals surface area (Å²) < 4.78 is 5.36. The molecule has 0 aliphatic heterocycles. The SMILES string of the molecule is COc1cc(CN(C)Cc2scnc2C)ccc1C(N)=S. The normalized spacial score (nSPS) is 10.9. The monoisotopic (exact) mass is 321 g/mol. The topological polar surface area (TPSA) is 51.4 Å². The Hall–Kier alpha value is -1.50. The highest BCUT2D eigenvalue weighted by Gasteiger charge is 2.10. The molecule has 1 aromatic carbocycles. The van der Waals surface area contributed by atoms with Crippen molar-refractivity contribution < 1.29 is 4.74 Å². The van der Waals surface area contributed by atoms with Gasteiger partial charge in [0.1, 0.15) is 10.7 Å². The average molecular weight is 321 g/mol. The number of methoxy groups -OCH3 is 1. The van der Waals surface area contributed by atoms with Gasteiger partial charge in [-0.15, -0.1) is 11.3 Å². The molecule has 0 unspecified atom stereocenters. The smallest absolute Gasteiger partial charge is 0.129 e. The highest BCUT2D eigenvalue weighted by Crippen LogP contribution is 2.22. The molecule has 1 heterocycles. The molecule has 0 amide bonds. The minimum atomic E-state index is 0.354. The number of ether oxygens (including phenoxy) is 1. The Balaban J connectivity index is 2.09. The van der Waals surface area contributed by atoms with Crippen LogP contribution in [0, 0.1) is 6.92 Å². The Morgan fingerprint density at radius 2 is 2.19 bits per heavy atom. The molecule has 0 saturated carbocycles. The van der Waals surface area contributed by atoms with Crippen molar-refractivity contribution >= 4 is 28.5 Å². The molecule has 0 aliphatic rings. The standard InChI is InChI=1S/C15H19N3OS2/c1-10-14(21-9-17-10)8-18(2)7-11-4-5-12(15(16)20)13(6-11)19-3/h4-6,9H,7-8H2,1-3H3,(H2,16,20). The number of thiocarbonyl (C=S) groups is 1. The Bertz CT molecular complexity index is 640. The van der Waals surface area contributed by atoms with Crippen molar-refractivity contribution in [2.45, 2.75) is 20.0 Å². The second-order valence-corrected chi connectivity index (χ2v) is 6.31. The van der Waals surface area contributed by atoms with Crippen molar-refractivity contribution in [2.24, 2.45) is 5.73 Å². The van der Waals surface area contributed by atoms with Crippen LogP contribution in [-0.2, 0) is 13.1 Å². The Morgan fingerprint density at radius 1 is 1.43 bits per heavy atom. The van der Waals surface area contributed by atoms with Gasteiger partial charge in [0, 0.05) is 18.0 Å². The van der Waals surface area contributed by atoms with Crippen LogP contribution in [0.3, 0.4) is 0 Å². The van der Waals surface area contributed by atoms with Crippen molar-refractivity contribution in [1.29, 1.82) is 0 Å². The molecule has 4 nitrogen and oxygen atoms in total. The van der Waals surface area contributed by atoms with E-state index >= 15 is 0 Å². The minimum absolute atomic E-state index is 0.354. The molecule has 21 heavy (non-hydrogen) atoms. The van der Waals surface area contributed by atoms with E-state index in [9.17, 15) is 0 Å². The molecule has 2 aromatic rings. The van der Waals surface area contributed by atoms with E-state index in [1.165, 1.54) is 4.88 Å². The third kappa shape index (κ3) is 4.00. The van der Waals surface area contributed by atoms with Gasteiger partial charge >= 0.3 is 0 Å². The molecule has 2 N–H and O–H groups in total. The lowest BCUT2D eigenvalue weighted by Gasteiger charge is -2.17. The van der Waals surface area contributed by atoms with Gasteiger partial charge in [-0.05, 0) is 31.7 Å². The number of hydrogen-bond donors (Lipinski definition) is 1. The summed E-state index contributed by atoms with van der Waals surface area (Å²) in [7, 11) is 3.72. The van der Waals surface area contributed by atoms with Crippen molar-refractivity contribution in [3.8, 4) is 5.75 Å². The lowest BCUT2D eigenvalue weighted by atomic mass is 10.1. The predicted octanol–water partition coefficient (Wildman–Crippen LogP) is 2.73. The molecule has 0 fully saturated rings. The maximum Gasteiger partial charge on any atom is 0.129 e. The number of aryl methyl sites for hydroxylation is 1. The van der Waals surface area contributed by atoms with Gasteiger partial charge < -0.3 is 10.5 Å². The summed E-state index contributed by atoms with van der Waals surface area (Å²) in [5, 5.41) is 0. The first-order valence-electron chi connectivity index (χ1n) is 6.55.